The van der Waals surface area contributed by atoms with Crippen LogP contribution in [-0.2, 0) is 18.9 Å². The fourth-order valence-electron chi connectivity index (χ4n) is 3.68. The van der Waals surface area contributed by atoms with E-state index in [-0.39, 0.29) is 12.1 Å². The number of halogens is 6. The lowest BCUT2D eigenvalue weighted by Gasteiger charge is -2.19. The van der Waals surface area contributed by atoms with Crippen LogP contribution in [0, 0.1) is 0 Å². The highest BCUT2D eigenvalue weighted by Gasteiger charge is 2.38. The average molecular weight is 421 g/mol. The molecule has 0 aliphatic rings. The lowest BCUT2D eigenvalue weighted by molar-refractivity contribution is -0.138. The first-order chi connectivity index (χ1) is 14.1. The van der Waals surface area contributed by atoms with Gasteiger partial charge in [0.1, 0.15) is 0 Å². The number of fused-ring (bicyclic) bond motifs is 3. The molecule has 0 radical (unpaired) electrons. The highest BCUT2D eigenvalue weighted by molar-refractivity contribution is 6.09. The molecule has 154 valence electrons. The Morgan fingerprint density at radius 3 is 1.83 bits per heavy atom. The number of rotatable bonds is 2. The van der Waals surface area contributed by atoms with E-state index in [2.05, 4.69) is 0 Å². The van der Waals surface area contributed by atoms with Crippen molar-refractivity contribution >= 4 is 21.7 Å². The Morgan fingerprint density at radius 2 is 1.23 bits per heavy atom. The van der Waals surface area contributed by atoms with Crippen molar-refractivity contribution in [3.8, 4) is 0 Å². The first kappa shape index (κ1) is 20.0. The summed E-state index contributed by atoms with van der Waals surface area (Å²) in [5.41, 5.74) is -2.85. The summed E-state index contributed by atoms with van der Waals surface area (Å²) >= 11 is 0. The van der Waals surface area contributed by atoms with Gasteiger partial charge in [-0.05, 0) is 29.8 Å². The van der Waals surface area contributed by atoms with E-state index < -0.39 is 45.2 Å². The van der Waals surface area contributed by atoms with E-state index >= 15 is 0 Å². The van der Waals surface area contributed by atoms with Crippen molar-refractivity contribution in [3.63, 3.8) is 0 Å². The summed E-state index contributed by atoms with van der Waals surface area (Å²) in [7, 11) is 0. The Balaban J connectivity index is 2.23. The topological polar surface area (TPSA) is 22.0 Å². The molecule has 30 heavy (non-hydrogen) atoms. The number of hydrogen-bond donors (Lipinski definition) is 0. The van der Waals surface area contributed by atoms with Gasteiger partial charge in [0.15, 0.2) is 0 Å². The second-order valence-corrected chi connectivity index (χ2v) is 6.80. The maximum atomic E-state index is 13.8. The van der Waals surface area contributed by atoms with E-state index in [0.717, 1.165) is 28.8 Å². The molecule has 0 bridgehead atoms. The fourth-order valence-corrected chi connectivity index (χ4v) is 3.68. The normalized spacial score (nSPS) is 12.6. The minimum atomic E-state index is -4.93. The van der Waals surface area contributed by atoms with Crippen LogP contribution in [0.3, 0.4) is 0 Å². The molecule has 4 rings (SSSR count). The van der Waals surface area contributed by atoms with Gasteiger partial charge in [-0.3, -0.25) is 4.79 Å². The van der Waals surface area contributed by atoms with E-state index in [0.29, 0.717) is 11.6 Å². The molecule has 0 N–H and O–H groups in total. The van der Waals surface area contributed by atoms with Crippen LogP contribution < -0.4 is 5.56 Å². The van der Waals surface area contributed by atoms with E-state index in [1.807, 2.05) is 0 Å². The van der Waals surface area contributed by atoms with Crippen LogP contribution in [0.1, 0.15) is 16.7 Å². The van der Waals surface area contributed by atoms with Gasteiger partial charge in [-0.2, -0.15) is 26.3 Å². The zero-order valence-corrected chi connectivity index (χ0v) is 15.2. The van der Waals surface area contributed by atoms with Crippen molar-refractivity contribution in [2.75, 3.05) is 0 Å². The van der Waals surface area contributed by atoms with Crippen LogP contribution >= 0.6 is 0 Å². The summed E-state index contributed by atoms with van der Waals surface area (Å²) in [5.74, 6) is 0. The van der Waals surface area contributed by atoms with Crippen LogP contribution in [0.15, 0.2) is 71.5 Å². The monoisotopic (exact) mass is 421 g/mol. The second kappa shape index (κ2) is 6.90. The molecule has 0 saturated heterocycles. The van der Waals surface area contributed by atoms with Gasteiger partial charge in [-0.1, -0.05) is 42.5 Å². The lowest BCUT2D eigenvalue weighted by Crippen LogP contribution is -2.23. The highest BCUT2D eigenvalue weighted by atomic mass is 19.4. The Kier molecular flexibility index (Phi) is 4.60. The molecule has 0 amide bonds. The van der Waals surface area contributed by atoms with E-state index in [4.69, 9.17) is 0 Å². The maximum absolute atomic E-state index is 13.8. The molecule has 3 aromatic carbocycles. The third kappa shape index (κ3) is 3.32. The molecule has 2 nitrogen and oxygen atoms in total. The number of nitrogens with zero attached hydrogens (tertiary/aromatic N) is 1. The van der Waals surface area contributed by atoms with Gasteiger partial charge in [0.2, 0.25) is 0 Å². The SMILES string of the molecule is O=c1c2cccc(C(F)(F)F)c2c2c(C(F)(F)F)cccc2n1Cc1ccccc1. The van der Waals surface area contributed by atoms with E-state index in [1.165, 1.54) is 6.07 Å². The van der Waals surface area contributed by atoms with Crippen molar-refractivity contribution in [2.24, 2.45) is 0 Å². The first-order valence-electron chi connectivity index (χ1n) is 8.85. The van der Waals surface area contributed by atoms with Crippen molar-refractivity contribution in [1.29, 1.82) is 0 Å². The Hall–Kier alpha value is -3.29. The second-order valence-electron chi connectivity index (χ2n) is 6.80. The minimum Gasteiger partial charge on any atom is -0.303 e. The molecule has 1 aromatic heterocycles. The summed E-state index contributed by atoms with van der Waals surface area (Å²) in [5, 5.41) is -1.78. The van der Waals surface area contributed by atoms with Gasteiger partial charge >= 0.3 is 12.4 Å². The van der Waals surface area contributed by atoms with Crippen molar-refractivity contribution < 1.29 is 26.3 Å². The molecule has 0 aliphatic carbocycles. The first-order valence-corrected chi connectivity index (χ1v) is 8.85. The number of benzene rings is 3. The van der Waals surface area contributed by atoms with Gasteiger partial charge in [0.05, 0.1) is 23.2 Å². The molecule has 4 aromatic rings. The standard InChI is InChI=1S/C22H13F6NO/c23-21(24,25)15-9-4-8-14-18(15)19-16(22(26,27)28)10-5-11-17(19)29(20(14)30)12-13-6-2-1-3-7-13/h1-11H,12H2. The molecular weight excluding hydrogens is 408 g/mol. The molecule has 0 unspecified atom stereocenters. The van der Waals surface area contributed by atoms with E-state index in [1.54, 1.807) is 30.3 Å². The fraction of sp³-hybridized carbons (Fsp3) is 0.136. The largest absolute Gasteiger partial charge is 0.417 e. The summed E-state index contributed by atoms with van der Waals surface area (Å²) in [6.07, 6.45) is -9.83. The van der Waals surface area contributed by atoms with Gasteiger partial charge in [0.25, 0.3) is 5.56 Å². The molecular formula is C22H13F6NO. The number of pyridine rings is 1. The Bertz CT molecular complexity index is 1300. The Morgan fingerprint density at radius 1 is 0.667 bits per heavy atom. The molecule has 0 saturated carbocycles. The van der Waals surface area contributed by atoms with Gasteiger partial charge in [0, 0.05) is 16.2 Å². The molecule has 0 spiro atoms. The average Bonchev–Trinajstić information content (AvgIpc) is 2.69. The van der Waals surface area contributed by atoms with Crippen molar-refractivity contribution in [2.45, 2.75) is 18.9 Å². The van der Waals surface area contributed by atoms with Crippen LogP contribution in [0.4, 0.5) is 26.3 Å². The minimum absolute atomic E-state index is 0.0797. The molecule has 0 atom stereocenters. The van der Waals surface area contributed by atoms with Crippen molar-refractivity contribution in [3.05, 3.63) is 93.8 Å². The van der Waals surface area contributed by atoms with Crippen LogP contribution in [-0.4, -0.2) is 4.57 Å². The molecule has 0 fully saturated rings. The number of hydrogen-bond acceptors (Lipinski definition) is 1. The van der Waals surface area contributed by atoms with Crippen LogP contribution in [0.25, 0.3) is 21.7 Å². The molecule has 0 aliphatic heterocycles. The smallest absolute Gasteiger partial charge is 0.303 e. The van der Waals surface area contributed by atoms with Gasteiger partial charge in [-0.15, -0.1) is 0 Å². The number of aromatic nitrogens is 1. The summed E-state index contributed by atoms with van der Waals surface area (Å²) < 4.78 is 83.4. The third-order valence-corrected chi connectivity index (χ3v) is 4.92. The summed E-state index contributed by atoms with van der Waals surface area (Å²) in [6.45, 7) is -0.0797. The van der Waals surface area contributed by atoms with Crippen molar-refractivity contribution in [1.82, 2.24) is 4.57 Å². The van der Waals surface area contributed by atoms with E-state index in [9.17, 15) is 31.1 Å². The number of alkyl halides is 6. The maximum Gasteiger partial charge on any atom is 0.417 e. The molecule has 1 heterocycles. The van der Waals surface area contributed by atoms with Gasteiger partial charge in [-0.25, -0.2) is 0 Å². The van der Waals surface area contributed by atoms with Gasteiger partial charge < -0.3 is 4.57 Å². The van der Waals surface area contributed by atoms with Crippen LogP contribution in [0.5, 0.6) is 0 Å². The zero-order chi connectivity index (χ0) is 21.7. The highest BCUT2D eigenvalue weighted by Crippen LogP contribution is 2.42. The quantitative estimate of drug-likeness (QED) is 0.277. The predicted molar refractivity (Wildman–Crippen MR) is 101 cm³/mol. The summed E-state index contributed by atoms with van der Waals surface area (Å²) in [4.78, 5) is 13.1. The third-order valence-electron chi connectivity index (χ3n) is 4.92. The molecule has 8 heteroatoms. The lowest BCUT2D eigenvalue weighted by atomic mass is 9.96. The zero-order valence-electron chi connectivity index (χ0n) is 15.2. The van der Waals surface area contributed by atoms with Crippen LogP contribution in [0.2, 0.25) is 0 Å². The Labute approximate surface area is 166 Å². The summed E-state index contributed by atoms with van der Waals surface area (Å²) in [6, 6.07) is 14.4. The predicted octanol–water partition coefficient (Wildman–Crippen LogP) is 6.24.